The number of hydrogen-bond donors (Lipinski definition) is 0. The second kappa shape index (κ2) is 14.1. The summed E-state index contributed by atoms with van der Waals surface area (Å²) in [6, 6.07) is 63.9. The topological polar surface area (TPSA) is 51.3 Å². The van der Waals surface area contributed by atoms with Crippen LogP contribution in [0.5, 0.6) is 0 Å². The van der Waals surface area contributed by atoms with Gasteiger partial charge in [0.15, 0.2) is 11.6 Å². The first kappa shape index (κ1) is 35.5. The van der Waals surface area contributed by atoms with Crippen LogP contribution < -0.4 is 0 Å². The van der Waals surface area contributed by atoms with E-state index in [0.29, 0.717) is 5.82 Å². The zero-order chi connectivity index (χ0) is 40.5. The first-order chi connectivity index (χ1) is 30.1. The number of benzene rings is 7. The molecule has 4 nitrogen and oxygen atoms in total. The second-order valence-corrected chi connectivity index (χ2v) is 17.1. The maximum absolute atomic E-state index is 6.83. The maximum atomic E-state index is 6.83. The van der Waals surface area contributed by atoms with Gasteiger partial charge in [0.1, 0.15) is 11.3 Å². The van der Waals surface area contributed by atoms with Crippen LogP contribution in [0.15, 0.2) is 210 Å². The summed E-state index contributed by atoms with van der Waals surface area (Å²) in [6.45, 7) is 2.30. The third-order valence-corrected chi connectivity index (χ3v) is 13.6. The Hall–Kier alpha value is -7.47. The highest BCUT2D eigenvalue weighted by Gasteiger charge is 2.47. The van der Waals surface area contributed by atoms with Crippen LogP contribution in [0, 0.1) is 0 Å². The van der Waals surface area contributed by atoms with Gasteiger partial charge in [-0.15, -0.1) is 11.3 Å². The van der Waals surface area contributed by atoms with Gasteiger partial charge < -0.3 is 4.42 Å². The molecule has 0 bridgehead atoms. The highest BCUT2D eigenvalue weighted by Crippen LogP contribution is 2.54. The predicted molar refractivity (Wildman–Crippen MR) is 253 cm³/mol. The molecule has 288 valence electrons. The van der Waals surface area contributed by atoms with Crippen LogP contribution >= 0.6 is 11.3 Å². The van der Waals surface area contributed by atoms with Gasteiger partial charge in [0.25, 0.3) is 0 Å². The van der Waals surface area contributed by atoms with E-state index in [1.165, 1.54) is 42.4 Å². The molecule has 0 saturated heterocycles. The van der Waals surface area contributed by atoms with Crippen molar-refractivity contribution in [2.24, 2.45) is 4.99 Å². The minimum absolute atomic E-state index is 0.0376. The van der Waals surface area contributed by atoms with Crippen molar-refractivity contribution >= 4 is 53.8 Å². The van der Waals surface area contributed by atoms with Crippen molar-refractivity contribution in [1.82, 2.24) is 9.97 Å². The van der Waals surface area contributed by atoms with E-state index in [-0.39, 0.29) is 5.92 Å². The molecular weight excluding hydrogens is 763 g/mol. The lowest BCUT2D eigenvalue weighted by Gasteiger charge is -2.41. The molecule has 0 fully saturated rings. The largest absolute Gasteiger partial charge is 0.454 e. The van der Waals surface area contributed by atoms with E-state index in [1.54, 1.807) is 0 Å². The van der Waals surface area contributed by atoms with Crippen molar-refractivity contribution < 1.29 is 4.42 Å². The number of furan rings is 1. The standard InChI is InChI=1S/C56H37N3OS/c1-56-45(43-24-13-23-42-41-21-9-11-28-50(41)61-54(42)43)25-14-26-46(56)51-44-22-8-10-27-49(44)60-53(51)52(59-56)39-19-12-20-40(33-39)55-57-47(37-17-6-3-7-18-37)34-48(58-55)38-31-29-36(30-32-38)35-15-4-2-5-16-35/h2-34,46H,1H3. The molecule has 0 radical (unpaired) electrons. The van der Waals surface area contributed by atoms with Gasteiger partial charge in [0, 0.05) is 59.3 Å². The van der Waals surface area contributed by atoms with E-state index in [2.05, 4.69) is 189 Å². The van der Waals surface area contributed by atoms with Crippen molar-refractivity contribution in [3.8, 4) is 45.0 Å². The van der Waals surface area contributed by atoms with Crippen LogP contribution in [-0.4, -0.2) is 21.2 Å². The molecule has 0 N–H and O–H groups in total. The van der Waals surface area contributed by atoms with Gasteiger partial charge in [-0.3, -0.25) is 4.99 Å². The van der Waals surface area contributed by atoms with Crippen LogP contribution in [0.4, 0.5) is 0 Å². The molecule has 10 aromatic rings. The summed E-state index contributed by atoms with van der Waals surface area (Å²) in [4.78, 5) is 16.3. The lowest BCUT2D eigenvalue weighted by Crippen LogP contribution is -2.38. The molecule has 0 amide bonds. The number of hydrogen-bond acceptors (Lipinski definition) is 5. The first-order valence-corrected chi connectivity index (χ1v) is 21.5. The average molecular weight is 800 g/mol. The lowest BCUT2D eigenvalue weighted by molar-refractivity contribution is 0.509. The fourth-order valence-electron chi connectivity index (χ4n) is 9.39. The van der Waals surface area contributed by atoms with Crippen molar-refractivity contribution in [3.63, 3.8) is 0 Å². The summed E-state index contributed by atoms with van der Waals surface area (Å²) in [7, 11) is 0. The highest BCUT2D eigenvalue weighted by atomic mass is 32.1. The third-order valence-electron chi connectivity index (χ3n) is 12.4. The van der Waals surface area contributed by atoms with Crippen LogP contribution in [0.25, 0.3) is 81.7 Å². The van der Waals surface area contributed by atoms with Crippen LogP contribution in [0.1, 0.15) is 35.3 Å². The van der Waals surface area contributed by atoms with E-state index < -0.39 is 5.54 Å². The number of allylic oxidation sites excluding steroid dienone is 2. The van der Waals surface area contributed by atoms with Crippen LogP contribution in [-0.2, 0) is 0 Å². The molecule has 7 aromatic carbocycles. The molecule has 0 saturated carbocycles. The van der Waals surface area contributed by atoms with Gasteiger partial charge in [-0.1, -0.05) is 176 Å². The normalized spacial score (nSPS) is 17.0. The number of thiophene rings is 1. The number of para-hydroxylation sites is 1. The van der Waals surface area contributed by atoms with E-state index >= 15 is 0 Å². The Morgan fingerprint density at radius 2 is 1.15 bits per heavy atom. The molecule has 2 aliphatic rings. The molecular formula is C56H37N3OS. The van der Waals surface area contributed by atoms with E-state index in [4.69, 9.17) is 19.4 Å². The monoisotopic (exact) mass is 799 g/mol. The third kappa shape index (κ3) is 5.84. The minimum atomic E-state index is -0.632. The number of rotatable bonds is 6. The Kier molecular flexibility index (Phi) is 8.19. The Morgan fingerprint density at radius 1 is 0.541 bits per heavy atom. The average Bonchev–Trinajstić information content (AvgIpc) is 3.91. The van der Waals surface area contributed by atoms with Crippen molar-refractivity contribution in [3.05, 3.63) is 223 Å². The summed E-state index contributed by atoms with van der Waals surface area (Å²) in [5, 5.41) is 3.68. The summed E-state index contributed by atoms with van der Waals surface area (Å²) < 4.78 is 9.40. The zero-order valence-corrected chi connectivity index (χ0v) is 34.1. The van der Waals surface area contributed by atoms with E-state index in [9.17, 15) is 0 Å². The molecule has 2 atom stereocenters. The van der Waals surface area contributed by atoms with Crippen molar-refractivity contribution in [2.45, 2.75) is 18.4 Å². The molecule has 12 rings (SSSR count). The Balaban J connectivity index is 1.02. The molecule has 3 aromatic heterocycles. The molecule has 5 heteroatoms. The quantitative estimate of drug-likeness (QED) is 0.168. The highest BCUT2D eigenvalue weighted by molar-refractivity contribution is 7.26. The number of aromatic nitrogens is 2. The van der Waals surface area contributed by atoms with Gasteiger partial charge in [0.05, 0.1) is 16.9 Å². The fourth-order valence-corrected chi connectivity index (χ4v) is 10.6. The van der Waals surface area contributed by atoms with Crippen LogP contribution in [0.2, 0.25) is 0 Å². The summed E-state index contributed by atoms with van der Waals surface area (Å²) in [5.74, 6) is 1.42. The van der Waals surface area contributed by atoms with Crippen molar-refractivity contribution in [1.29, 1.82) is 0 Å². The maximum Gasteiger partial charge on any atom is 0.160 e. The fraction of sp³-hybridized carbons (Fsp3) is 0.0536. The Morgan fingerprint density at radius 3 is 1.95 bits per heavy atom. The number of nitrogens with zero attached hydrogens (tertiary/aromatic N) is 3. The molecule has 4 heterocycles. The predicted octanol–water partition coefficient (Wildman–Crippen LogP) is 14.6. The van der Waals surface area contributed by atoms with Gasteiger partial charge in [-0.25, -0.2) is 9.97 Å². The Labute approximate surface area is 357 Å². The molecule has 2 unspecified atom stereocenters. The van der Waals surface area contributed by atoms with Crippen molar-refractivity contribution in [2.75, 3.05) is 0 Å². The molecule has 61 heavy (non-hydrogen) atoms. The van der Waals surface area contributed by atoms with Gasteiger partial charge >= 0.3 is 0 Å². The molecule has 0 spiro atoms. The summed E-state index contributed by atoms with van der Waals surface area (Å²) in [5.41, 5.74) is 12.6. The Bertz CT molecular complexity index is 3430. The van der Waals surface area contributed by atoms with Gasteiger partial charge in [-0.05, 0) is 53.5 Å². The SMILES string of the molecule is CC12N=C(c3cccc(-c4nc(-c5ccccc5)cc(-c5ccc(-c6ccccc6)cc5)n4)c3)c3oc4ccccc4c3C1C=CC=C2c1cccc2c1sc1ccccc12. The minimum Gasteiger partial charge on any atom is -0.454 e. The van der Waals surface area contributed by atoms with Gasteiger partial charge in [-0.2, -0.15) is 0 Å². The van der Waals surface area contributed by atoms with E-state index in [1.807, 2.05) is 29.5 Å². The zero-order valence-electron chi connectivity index (χ0n) is 33.3. The number of aliphatic imine (C=N–C) groups is 1. The smallest absolute Gasteiger partial charge is 0.160 e. The van der Waals surface area contributed by atoms with Crippen LogP contribution in [0.3, 0.4) is 0 Å². The first-order valence-electron chi connectivity index (χ1n) is 20.7. The van der Waals surface area contributed by atoms with Gasteiger partial charge in [0.2, 0.25) is 0 Å². The lowest BCUT2D eigenvalue weighted by atomic mass is 9.68. The second-order valence-electron chi connectivity index (χ2n) is 16.0. The summed E-state index contributed by atoms with van der Waals surface area (Å²) in [6.07, 6.45) is 6.80. The molecule has 1 aliphatic carbocycles. The molecule has 1 aliphatic heterocycles. The van der Waals surface area contributed by atoms with E-state index in [0.717, 1.165) is 61.6 Å². The summed E-state index contributed by atoms with van der Waals surface area (Å²) >= 11 is 1.86. The number of fused-ring (bicyclic) bond motifs is 8.